The minimum Gasteiger partial charge on any atom is -0.393 e. The molecule has 0 aromatic heterocycles. The van der Waals surface area contributed by atoms with E-state index in [1.165, 1.54) is 4.31 Å². The summed E-state index contributed by atoms with van der Waals surface area (Å²) in [5, 5.41) is 12.6. The van der Waals surface area contributed by atoms with Crippen molar-refractivity contribution >= 4 is 15.9 Å². The summed E-state index contributed by atoms with van der Waals surface area (Å²) in [7, 11) is -3.49. The maximum atomic E-state index is 12.7. The first kappa shape index (κ1) is 19.3. The molecule has 0 bridgehead atoms. The molecule has 2 N–H and O–H groups in total. The standard InChI is InChI=1S/C19H28N2O4S/c1-14-2-8-18(9-3-14)26(24,25)21-12-10-15(11-13-21)19(23)20-16-4-6-17(22)7-5-16/h2-3,8-9,15-17,22H,4-7,10-13H2,1H3,(H,20,23). The van der Waals surface area contributed by atoms with E-state index in [4.69, 9.17) is 0 Å². The van der Waals surface area contributed by atoms with Gasteiger partial charge in [0.15, 0.2) is 0 Å². The third kappa shape index (κ3) is 4.45. The zero-order valence-corrected chi connectivity index (χ0v) is 16.0. The van der Waals surface area contributed by atoms with Gasteiger partial charge in [0.2, 0.25) is 15.9 Å². The smallest absolute Gasteiger partial charge is 0.243 e. The fraction of sp³-hybridized carbons (Fsp3) is 0.632. The number of carbonyl (C=O) groups is 1. The average Bonchev–Trinajstić information content (AvgIpc) is 2.64. The second-order valence-electron chi connectivity index (χ2n) is 7.51. The van der Waals surface area contributed by atoms with E-state index in [0.29, 0.717) is 30.8 Å². The molecular weight excluding hydrogens is 352 g/mol. The number of hydrogen-bond acceptors (Lipinski definition) is 4. The summed E-state index contributed by atoms with van der Waals surface area (Å²) in [5.74, 6) is -0.106. The van der Waals surface area contributed by atoms with Crippen LogP contribution in [0.2, 0.25) is 0 Å². The third-order valence-corrected chi connectivity index (χ3v) is 7.44. The van der Waals surface area contributed by atoms with Gasteiger partial charge in [0.1, 0.15) is 0 Å². The summed E-state index contributed by atoms with van der Waals surface area (Å²) in [6.45, 7) is 2.67. The van der Waals surface area contributed by atoms with Crippen molar-refractivity contribution in [2.24, 2.45) is 5.92 Å². The zero-order valence-electron chi connectivity index (χ0n) is 15.2. The van der Waals surface area contributed by atoms with Crippen molar-refractivity contribution < 1.29 is 18.3 Å². The van der Waals surface area contributed by atoms with E-state index in [1.54, 1.807) is 24.3 Å². The number of hydrogen-bond donors (Lipinski definition) is 2. The molecule has 0 spiro atoms. The number of nitrogens with one attached hydrogen (secondary N) is 1. The lowest BCUT2D eigenvalue weighted by Gasteiger charge is -2.32. The largest absolute Gasteiger partial charge is 0.393 e. The Morgan fingerprint density at radius 1 is 1.04 bits per heavy atom. The Morgan fingerprint density at radius 3 is 2.19 bits per heavy atom. The van der Waals surface area contributed by atoms with Crippen LogP contribution in [-0.2, 0) is 14.8 Å². The number of benzene rings is 1. The Morgan fingerprint density at radius 2 is 1.62 bits per heavy atom. The highest BCUT2D eigenvalue weighted by molar-refractivity contribution is 7.89. The Balaban J connectivity index is 1.53. The summed E-state index contributed by atoms with van der Waals surface area (Å²) < 4.78 is 26.9. The molecule has 144 valence electrons. The van der Waals surface area contributed by atoms with Gasteiger partial charge < -0.3 is 10.4 Å². The predicted octanol–water partition coefficient (Wildman–Crippen LogP) is 1.82. The van der Waals surface area contributed by atoms with Crippen LogP contribution in [0.25, 0.3) is 0 Å². The molecule has 2 fully saturated rings. The summed E-state index contributed by atoms with van der Waals surface area (Å²) in [6.07, 6.45) is 3.95. The highest BCUT2D eigenvalue weighted by Crippen LogP contribution is 2.25. The molecule has 1 aliphatic carbocycles. The lowest BCUT2D eigenvalue weighted by atomic mass is 9.91. The number of sulfonamides is 1. The third-order valence-electron chi connectivity index (χ3n) is 5.53. The first-order valence-corrected chi connectivity index (χ1v) is 10.9. The summed E-state index contributed by atoms with van der Waals surface area (Å²) in [4.78, 5) is 12.8. The highest BCUT2D eigenvalue weighted by Gasteiger charge is 2.33. The van der Waals surface area contributed by atoms with Crippen LogP contribution >= 0.6 is 0 Å². The van der Waals surface area contributed by atoms with Gasteiger partial charge in [0.05, 0.1) is 11.0 Å². The predicted molar refractivity (Wildman–Crippen MR) is 99.1 cm³/mol. The molecule has 6 nitrogen and oxygen atoms in total. The number of nitrogens with zero attached hydrogens (tertiary/aromatic N) is 1. The van der Waals surface area contributed by atoms with Gasteiger partial charge in [-0.2, -0.15) is 4.31 Å². The first-order valence-electron chi connectivity index (χ1n) is 9.41. The van der Waals surface area contributed by atoms with E-state index < -0.39 is 10.0 Å². The number of aliphatic hydroxyl groups excluding tert-OH is 1. The maximum Gasteiger partial charge on any atom is 0.243 e. The normalized spacial score (nSPS) is 25.8. The zero-order chi connectivity index (χ0) is 18.7. The molecular formula is C19H28N2O4S. The van der Waals surface area contributed by atoms with Crippen molar-refractivity contribution in [3.8, 4) is 0 Å². The topological polar surface area (TPSA) is 86.7 Å². The van der Waals surface area contributed by atoms with Crippen molar-refractivity contribution in [1.29, 1.82) is 0 Å². The molecule has 1 aliphatic heterocycles. The quantitative estimate of drug-likeness (QED) is 0.834. The second kappa shape index (κ2) is 8.06. The van der Waals surface area contributed by atoms with E-state index in [-0.39, 0.29) is 24.0 Å². The first-order chi connectivity index (χ1) is 12.4. The van der Waals surface area contributed by atoms with Crippen LogP contribution in [0.15, 0.2) is 29.2 Å². The van der Waals surface area contributed by atoms with Gasteiger partial charge in [0, 0.05) is 25.0 Å². The fourth-order valence-corrected chi connectivity index (χ4v) is 5.23. The lowest BCUT2D eigenvalue weighted by molar-refractivity contribution is -0.127. The van der Waals surface area contributed by atoms with Gasteiger partial charge in [-0.05, 0) is 57.6 Å². The van der Waals surface area contributed by atoms with Gasteiger partial charge >= 0.3 is 0 Å². The number of carbonyl (C=O) groups excluding carboxylic acids is 1. The monoisotopic (exact) mass is 380 g/mol. The molecule has 7 heteroatoms. The van der Waals surface area contributed by atoms with Gasteiger partial charge in [-0.15, -0.1) is 0 Å². The van der Waals surface area contributed by atoms with Crippen LogP contribution in [0.1, 0.15) is 44.1 Å². The van der Waals surface area contributed by atoms with Crippen molar-refractivity contribution in [3.63, 3.8) is 0 Å². The lowest BCUT2D eigenvalue weighted by Crippen LogP contribution is -2.46. The number of rotatable bonds is 4. The minimum atomic E-state index is -3.49. The van der Waals surface area contributed by atoms with Crippen LogP contribution in [0.3, 0.4) is 0 Å². The van der Waals surface area contributed by atoms with E-state index >= 15 is 0 Å². The molecule has 1 saturated heterocycles. The van der Waals surface area contributed by atoms with E-state index in [0.717, 1.165) is 31.2 Å². The van der Waals surface area contributed by atoms with Crippen LogP contribution in [0, 0.1) is 12.8 Å². The van der Waals surface area contributed by atoms with Crippen molar-refractivity contribution in [3.05, 3.63) is 29.8 Å². The molecule has 2 aliphatic rings. The molecule has 0 atom stereocenters. The molecule has 1 aromatic carbocycles. The van der Waals surface area contributed by atoms with Crippen LogP contribution in [-0.4, -0.2) is 49.0 Å². The molecule has 0 radical (unpaired) electrons. The van der Waals surface area contributed by atoms with E-state index in [1.807, 2.05) is 6.92 Å². The average molecular weight is 381 g/mol. The number of amides is 1. The van der Waals surface area contributed by atoms with Crippen molar-refractivity contribution in [2.45, 2.75) is 62.5 Å². The second-order valence-corrected chi connectivity index (χ2v) is 9.44. The number of aryl methyl sites for hydroxylation is 1. The molecule has 1 saturated carbocycles. The fourth-order valence-electron chi connectivity index (χ4n) is 3.76. The van der Waals surface area contributed by atoms with Gasteiger partial charge in [0.25, 0.3) is 0 Å². The number of piperidine rings is 1. The number of aliphatic hydroxyl groups is 1. The van der Waals surface area contributed by atoms with Crippen LogP contribution in [0.4, 0.5) is 0 Å². The Hall–Kier alpha value is -1.44. The Labute approximate surface area is 155 Å². The Bertz CT molecular complexity index is 716. The maximum absolute atomic E-state index is 12.7. The van der Waals surface area contributed by atoms with Crippen molar-refractivity contribution in [2.75, 3.05) is 13.1 Å². The van der Waals surface area contributed by atoms with E-state index in [2.05, 4.69) is 5.32 Å². The SMILES string of the molecule is Cc1ccc(S(=O)(=O)N2CCC(C(=O)NC3CCC(O)CC3)CC2)cc1. The van der Waals surface area contributed by atoms with Gasteiger partial charge in [-0.1, -0.05) is 17.7 Å². The minimum absolute atomic E-state index is 0.0266. The van der Waals surface area contributed by atoms with Gasteiger partial charge in [-0.25, -0.2) is 8.42 Å². The summed E-state index contributed by atoms with van der Waals surface area (Å²) >= 11 is 0. The summed E-state index contributed by atoms with van der Waals surface area (Å²) in [6, 6.07) is 7.02. The molecule has 1 aromatic rings. The van der Waals surface area contributed by atoms with Crippen LogP contribution < -0.4 is 5.32 Å². The highest BCUT2D eigenvalue weighted by atomic mass is 32.2. The summed E-state index contributed by atoms with van der Waals surface area (Å²) in [5.41, 5.74) is 1.02. The van der Waals surface area contributed by atoms with Crippen LogP contribution in [0.5, 0.6) is 0 Å². The van der Waals surface area contributed by atoms with Crippen molar-refractivity contribution in [1.82, 2.24) is 9.62 Å². The molecule has 1 amide bonds. The molecule has 26 heavy (non-hydrogen) atoms. The Kier molecular flexibility index (Phi) is 5.99. The van der Waals surface area contributed by atoms with E-state index in [9.17, 15) is 18.3 Å². The molecule has 1 heterocycles. The van der Waals surface area contributed by atoms with Gasteiger partial charge in [-0.3, -0.25) is 4.79 Å². The molecule has 0 unspecified atom stereocenters. The molecule has 3 rings (SSSR count).